The lowest BCUT2D eigenvalue weighted by atomic mass is 10.2. The van der Waals surface area contributed by atoms with Crippen LogP contribution in [0.25, 0.3) is 0 Å². The summed E-state index contributed by atoms with van der Waals surface area (Å²) in [6, 6.07) is 1.94. The first-order chi connectivity index (χ1) is 9.97. The number of aromatic nitrogens is 2. The van der Waals surface area contributed by atoms with Gasteiger partial charge in [0.15, 0.2) is 0 Å². The Hall–Kier alpha value is -2.25. The fourth-order valence-electron chi connectivity index (χ4n) is 1.59. The van der Waals surface area contributed by atoms with E-state index in [4.69, 9.17) is 28.3 Å². The molecule has 2 aromatic rings. The molecule has 1 aromatic carbocycles. The molecule has 0 radical (unpaired) electrons. The third-order valence-electron chi connectivity index (χ3n) is 2.50. The van der Waals surface area contributed by atoms with Crippen LogP contribution in [0.1, 0.15) is 16.2 Å². The van der Waals surface area contributed by atoms with Crippen molar-refractivity contribution in [1.29, 1.82) is 0 Å². The number of amides is 2. The third-order valence-corrected chi connectivity index (χ3v) is 3.01. The van der Waals surface area contributed by atoms with Crippen LogP contribution in [0.4, 0.5) is 10.5 Å². The second-order valence-electron chi connectivity index (χ2n) is 3.96. The largest absolute Gasteiger partial charge is 0.478 e. The Morgan fingerprint density at radius 1 is 1.33 bits per heavy atom. The third kappa shape index (κ3) is 3.87. The lowest BCUT2D eigenvalue weighted by molar-refractivity contribution is 0.0698. The number of aromatic amines is 1. The lowest BCUT2D eigenvalue weighted by Crippen LogP contribution is -2.29. The standard InChI is InChI=1S/C12H10Cl2N4O3/c13-6-3-7(11(19)20)10(8(14)4-6)18-12(21)17-5-9-15-1-2-16-9/h1-4H,5H2,(H,15,16)(H,19,20)(H2,17,18,21). The molecule has 0 atom stereocenters. The molecule has 7 nitrogen and oxygen atoms in total. The van der Waals surface area contributed by atoms with Crippen LogP contribution in [0.15, 0.2) is 24.5 Å². The van der Waals surface area contributed by atoms with Gasteiger partial charge in [0.1, 0.15) is 5.82 Å². The van der Waals surface area contributed by atoms with E-state index in [0.717, 1.165) is 0 Å². The average Bonchev–Trinajstić information content (AvgIpc) is 2.92. The Morgan fingerprint density at radius 2 is 2.10 bits per heavy atom. The number of carbonyl (C=O) groups excluding carboxylic acids is 1. The van der Waals surface area contributed by atoms with Crippen molar-refractivity contribution < 1.29 is 14.7 Å². The number of carbonyl (C=O) groups is 2. The van der Waals surface area contributed by atoms with Crippen LogP contribution in [0.2, 0.25) is 10.0 Å². The maximum atomic E-state index is 11.8. The Kier molecular flexibility index (Phi) is 4.66. The van der Waals surface area contributed by atoms with Gasteiger partial charge in [0.05, 0.1) is 22.8 Å². The van der Waals surface area contributed by atoms with Gasteiger partial charge in [0, 0.05) is 17.4 Å². The number of imidazole rings is 1. The topological polar surface area (TPSA) is 107 Å². The number of aromatic carboxylic acids is 1. The summed E-state index contributed by atoms with van der Waals surface area (Å²) in [5.41, 5.74) is -0.217. The SMILES string of the molecule is O=C(NCc1ncc[nH]1)Nc1c(Cl)cc(Cl)cc1C(=O)O. The van der Waals surface area contributed by atoms with Crippen molar-refractivity contribution in [3.8, 4) is 0 Å². The molecule has 0 bridgehead atoms. The second-order valence-corrected chi connectivity index (χ2v) is 4.80. The first-order valence-corrected chi connectivity index (χ1v) is 6.48. The summed E-state index contributed by atoms with van der Waals surface area (Å²) in [5, 5.41) is 14.2. The monoisotopic (exact) mass is 328 g/mol. The quantitative estimate of drug-likeness (QED) is 0.692. The maximum Gasteiger partial charge on any atom is 0.337 e. The highest BCUT2D eigenvalue weighted by Gasteiger charge is 2.17. The molecule has 110 valence electrons. The van der Waals surface area contributed by atoms with E-state index in [0.29, 0.717) is 5.82 Å². The molecule has 9 heteroatoms. The van der Waals surface area contributed by atoms with Crippen molar-refractivity contribution in [3.63, 3.8) is 0 Å². The predicted octanol–water partition coefficient (Wildman–Crippen LogP) is 2.74. The van der Waals surface area contributed by atoms with Crippen molar-refractivity contribution in [3.05, 3.63) is 46.0 Å². The first kappa shape index (κ1) is 15.1. The second kappa shape index (κ2) is 6.47. The molecule has 0 spiro atoms. The number of nitrogens with one attached hydrogen (secondary N) is 3. The number of H-pyrrole nitrogens is 1. The van der Waals surface area contributed by atoms with Crippen molar-refractivity contribution in [2.75, 3.05) is 5.32 Å². The van der Waals surface area contributed by atoms with Gasteiger partial charge in [-0.3, -0.25) is 0 Å². The summed E-state index contributed by atoms with van der Waals surface area (Å²) < 4.78 is 0. The molecule has 0 saturated carbocycles. The smallest absolute Gasteiger partial charge is 0.337 e. The fraction of sp³-hybridized carbons (Fsp3) is 0.0833. The van der Waals surface area contributed by atoms with Crippen LogP contribution in [0.3, 0.4) is 0 Å². The zero-order valence-corrected chi connectivity index (χ0v) is 12.0. The molecule has 0 aliphatic carbocycles. The Morgan fingerprint density at radius 3 is 2.71 bits per heavy atom. The van der Waals surface area contributed by atoms with Gasteiger partial charge in [-0.2, -0.15) is 0 Å². The normalized spacial score (nSPS) is 10.2. The summed E-state index contributed by atoms with van der Waals surface area (Å²) in [4.78, 5) is 29.7. The summed E-state index contributed by atoms with van der Waals surface area (Å²) in [6.45, 7) is 0.159. The van der Waals surface area contributed by atoms with E-state index in [-0.39, 0.29) is 27.8 Å². The lowest BCUT2D eigenvalue weighted by Gasteiger charge is -2.11. The van der Waals surface area contributed by atoms with Crippen molar-refractivity contribution in [2.45, 2.75) is 6.54 Å². The summed E-state index contributed by atoms with van der Waals surface area (Å²) in [5.74, 6) is -0.688. The number of nitrogens with zero attached hydrogens (tertiary/aromatic N) is 1. The zero-order chi connectivity index (χ0) is 15.4. The molecule has 0 unspecified atom stereocenters. The van der Waals surface area contributed by atoms with Crippen molar-refractivity contribution in [1.82, 2.24) is 15.3 Å². The van der Waals surface area contributed by atoms with E-state index in [1.165, 1.54) is 12.1 Å². The molecule has 2 rings (SSSR count). The minimum absolute atomic E-state index is 0.0227. The average molecular weight is 329 g/mol. The number of hydrogen-bond acceptors (Lipinski definition) is 3. The minimum atomic E-state index is -1.25. The summed E-state index contributed by atoms with van der Waals surface area (Å²) in [7, 11) is 0. The van der Waals surface area contributed by atoms with E-state index in [1.807, 2.05) is 0 Å². The molecule has 1 heterocycles. The number of benzene rings is 1. The van der Waals surface area contributed by atoms with E-state index in [1.54, 1.807) is 12.4 Å². The number of urea groups is 1. The number of carboxylic acids is 1. The minimum Gasteiger partial charge on any atom is -0.478 e. The fourth-order valence-corrected chi connectivity index (χ4v) is 2.13. The maximum absolute atomic E-state index is 11.8. The van der Waals surface area contributed by atoms with E-state index < -0.39 is 12.0 Å². The van der Waals surface area contributed by atoms with Crippen LogP contribution in [-0.4, -0.2) is 27.1 Å². The Balaban J connectivity index is 2.11. The number of hydrogen-bond donors (Lipinski definition) is 4. The molecule has 0 fully saturated rings. The van der Waals surface area contributed by atoms with Gasteiger partial charge in [0.2, 0.25) is 0 Å². The van der Waals surface area contributed by atoms with E-state index in [2.05, 4.69) is 20.6 Å². The van der Waals surface area contributed by atoms with Crippen LogP contribution in [0.5, 0.6) is 0 Å². The van der Waals surface area contributed by atoms with Gasteiger partial charge < -0.3 is 20.7 Å². The number of rotatable bonds is 4. The van der Waals surface area contributed by atoms with Gasteiger partial charge >= 0.3 is 12.0 Å². The highest BCUT2D eigenvalue weighted by atomic mass is 35.5. The molecule has 1 aromatic heterocycles. The predicted molar refractivity (Wildman–Crippen MR) is 77.9 cm³/mol. The van der Waals surface area contributed by atoms with Crippen LogP contribution in [-0.2, 0) is 6.54 Å². The van der Waals surface area contributed by atoms with Crippen LogP contribution < -0.4 is 10.6 Å². The molecular weight excluding hydrogens is 319 g/mol. The van der Waals surface area contributed by atoms with E-state index >= 15 is 0 Å². The van der Waals surface area contributed by atoms with Crippen molar-refractivity contribution in [2.24, 2.45) is 0 Å². The van der Waals surface area contributed by atoms with Gasteiger partial charge in [-0.1, -0.05) is 23.2 Å². The molecule has 4 N–H and O–H groups in total. The molecule has 0 aliphatic rings. The number of carboxylic acid groups (broad SMARTS) is 1. The highest BCUT2D eigenvalue weighted by molar-refractivity contribution is 6.37. The number of anilines is 1. The van der Waals surface area contributed by atoms with Gasteiger partial charge in [-0.15, -0.1) is 0 Å². The molecular formula is C12H10Cl2N4O3. The number of halogens is 2. The van der Waals surface area contributed by atoms with Gasteiger partial charge in [-0.25, -0.2) is 14.6 Å². The molecule has 0 saturated heterocycles. The van der Waals surface area contributed by atoms with Crippen LogP contribution >= 0.6 is 23.2 Å². The van der Waals surface area contributed by atoms with Crippen LogP contribution in [0, 0.1) is 0 Å². The molecule has 0 aliphatic heterocycles. The van der Waals surface area contributed by atoms with Gasteiger partial charge in [0.25, 0.3) is 0 Å². The zero-order valence-electron chi connectivity index (χ0n) is 10.5. The Labute approximate surface area is 129 Å². The molecule has 2 amide bonds. The van der Waals surface area contributed by atoms with Crippen molar-refractivity contribution >= 4 is 40.9 Å². The summed E-state index contributed by atoms with van der Waals surface area (Å²) >= 11 is 11.7. The highest BCUT2D eigenvalue weighted by Crippen LogP contribution is 2.30. The summed E-state index contributed by atoms with van der Waals surface area (Å²) in [6.07, 6.45) is 3.17. The van der Waals surface area contributed by atoms with E-state index in [9.17, 15) is 9.59 Å². The molecule has 21 heavy (non-hydrogen) atoms. The first-order valence-electron chi connectivity index (χ1n) is 5.73. The Bertz CT molecular complexity index is 673. The van der Waals surface area contributed by atoms with Gasteiger partial charge in [-0.05, 0) is 12.1 Å².